The van der Waals surface area contributed by atoms with Crippen LogP contribution in [0.25, 0.3) is 0 Å². The number of aromatic nitrogens is 2. The van der Waals surface area contributed by atoms with Gasteiger partial charge in [0.15, 0.2) is 5.82 Å². The maximum atomic E-state index is 5.65. The summed E-state index contributed by atoms with van der Waals surface area (Å²) in [5.74, 6) is 1.48. The molecule has 4 nitrogen and oxygen atoms in total. The zero-order valence-electron chi connectivity index (χ0n) is 8.53. The van der Waals surface area contributed by atoms with Crippen LogP contribution in [0.1, 0.15) is 13.8 Å². The standard InChI is InChI=1S/C9H16N4S/c1-7(2)11-5-6-14-9-8(10)12-3-4-13-9/h3-4,7,11H,5-6H2,1-2H3,(H2,10,12). The highest BCUT2D eigenvalue weighted by Gasteiger charge is 2.01. The van der Waals surface area contributed by atoms with Gasteiger partial charge in [-0.15, -0.1) is 11.8 Å². The third-order valence-corrected chi connectivity index (χ3v) is 2.58. The number of nitrogens with one attached hydrogen (secondary N) is 1. The molecule has 0 unspecified atom stereocenters. The van der Waals surface area contributed by atoms with Gasteiger partial charge in [0, 0.05) is 30.7 Å². The van der Waals surface area contributed by atoms with Gasteiger partial charge in [0.05, 0.1) is 0 Å². The first-order valence-electron chi connectivity index (χ1n) is 4.63. The third-order valence-electron chi connectivity index (χ3n) is 1.58. The van der Waals surface area contributed by atoms with Crippen molar-refractivity contribution in [3.8, 4) is 0 Å². The Morgan fingerprint density at radius 3 is 2.79 bits per heavy atom. The smallest absolute Gasteiger partial charge is 0.156 e. The van der Waals surface area contributed by atoms with Gasteiger partial charge >= 0.3 is 0 Å². The molecule has 0 fully saturated rings. The Labute approximate surface area is 88.7 Å². The van der Waals surface area contributed by atoms with Gasteiger partial charge < -0.3 is 11.1 Å². The molecule has 0 saturated heterocycles. The van der Waals surface area contributed by atoms with Gasteiger partial charge in [0.1, 0.15) is 5.03 Å². The summed E-state index contributed by atoms with van der Waals surface area (Å²) >= 11 is 1.63. The fourth-order valence-corrected chi connectivity index (χ4v) is 1.69. The number of nitrogens with two attached hydrogens (primary N) is 1. The quantitative estimate of drug-likeness (QED) is 0.566. The predicted molar refractivity (Wildman–Crippen MR) is 60.3 cm³/mol. The Hall–Kier alpha value is -0.810. The number of hydrogen-bond acceptors (Lipinski definition) is 5. The number of thioether (sulfide) groups is 1. The molecule has 0 aliphatic heterocycles. The number of hydrogen-bond donors (Lipinski definition) is 2. The van der Waals surface area contributed by atoms with Crippen LogP contribution in [-0.4, -0.2) is 28.3 Å². The van der Waals surface area contributed by atoms with Gasteiger partial charge in [-0.1, -0.05) is 13.8 Å². The molecule has 1 rings (SSSR count). The van der Waals surface area contributed by atoms with E-state index < -0.39 is 0 Å². The Balaban J connectivity index is 2.28. The summed E-state index contributed by atoms with van der Waals surface area (Å²) in [5, 5.41) is 4.14. The van der Waals surface area contributed by atoms with Gasteiger partial charge in [-0.25, -0.2) is 9.97 Å². The second-order valence-corrected chi connectivity index (χ2v) is 4.29. The van der Waals surface area contributed by atoms with Crippen molar-refractivity contribution in [2.75, 3.05) is 18.0 Å². The minimum atomic E-state index is 0.516. The van der Waals surface area contributed by atoms with E-state index in [-0.39, 0.29) is 0 Å². The fourth-order valence-electron chi connectivity index (χ4n) is 0.943. The lowest BCUT2D eigenvalue weighted by Crippen LogP contribution is -2.25. The Morgan fingerprint density at radius 2 is 2.14 bits per heavy atom. The van der Waals surface area contributed by atoms with Crippen molar-refractivity contribution in [1.29, 1.82) is 0 Å². The molecule has 3 N–H and O–H groups in total. The van der Waals surface area contributed by atoms with Crippen LogP contribution in [0.2, 0.25) is 0 Å². The molecular weight excluding hydrogens is 196 g/mol. The largest absolute Gasteiger partial charge is 0.381 e. The summed E-state index contributed by atoms with van der Waals surface area (Å²) in [5.41, 5.74) is 5.65. The number of anilines is 1. The lowest BCUT2D eigenvalue weighted by atomic mass is 10.4. The minimum absolute atomic E-state index is 0.516. The molecule has 0 aromatic carbocycles. The minimum Gasteiger partial charge on any atom is -0.381 e. The lowest BCUT2D eigenvalue weighted by molar-refractivity contribution is 0.616. The zero-order valence-corrected chi connectivity index (χ0v) is 9.34. The molecule has 1 aromatic heterocycles. The fraction of sp³-hybridized carbons (Fsp3) is 0.556. The topological polar surface area (TPSA) is 63.8 Å². The van der Waals surface area contributed by atoms with E-state index in [1.165, 1.54) is 0 Å². The summed E-state index contributed by atoms with van der Waals surface area (Å²) in [6, 6.07) is 0.523. The van der Waals surface area contributed by atoms with E-state index in [9.17, 15) is 0 Å². The van der Waals surface area contributed by atoms with Crippen molar-refractivity contribution >= 4 is 17.6 Å². The molecule has 1 heterocycles. The molecule has 78 valence electrons. The zero-order chi connectivity index (χ0) is 10.4. The Kier molecular flexibility index (Phi) is 4.69. The van der Waals surface area contributed by atoms with Gasteiger partial charge in [-0.05, 0) is 0 Å². The van der Waals surface area contributed by atoms with Gasteiger partial charge in [-0.3, -0.25) is 0 Å². The Bertz CT molecular complexity index is 277. The van der Waals surface area contributed by atoms with Crippen LogP contribution in [0.5, 0.6) is 0 Å². The monoisotopic (exact) mass is 212 g/mol. The van der Waals surface area contributed by atoms with E-state index in [0.717, 1.165) is 17.3 Å². The average Bonchev–Trinajstić information content (AvgIpc) is 2.15. The van der Waals surface area contributed by atoms with Crippen molar-refractivity contribution in [2.24, 2.45) is 0 Å². The van der Waals surface area contributed by atoms with Crippen molar-refractivity contribution < 1.29 is 0 Å². The van der Waals surface area contributed by atoms with E-state index in [4.69, 9.17) is 5.73 Å². The van der Waals surface area contributed by atoms with Gasteiger partial charge in [-0.2, -0.15) is 0 Å². The molecule has 0 aliphatic carbocycles. The second kappa shape index (κ2) is 5.82. The van der Waals surface area contributed by atoms with Gasteiger partial charge in [0.25, 0.3) is 0 Å². The molecule has 0 bridgehead atoms. The summed E-state index contributed by atoms with van der Waals surface area (Å²) in [6.45, 7) is 5.21. The highest BCUT2D eigenvalue weighted by atomic mass is 32.2. The van der Waals surface area contributed by atoms with Crippen LogP contribution < -0.4 is 11.1 Å². The van der Waals surface area contributed by atoms with E-state index in [0.29, 0.717) is 11.9 Å². The van der Waals surface area contributed by atoms with Crippen molar-refractivity contribution in [2.45, 2.75) is 24.9 Å². The van der Waals surface area contributed by atoms with Crippen LogP contribution >= 0.6 is 11.8 Å². The van der Waals surface area contributed by atoms with E-state index >= 15 is 0 Å². The molecule has 0 atom stereocenters. The summed E-state index contributed by atoms with van der Waals surface area (Å²) < 4.78 is 0. The first-order valence-corrected chi connectivity index (χ1v) is 5.61. The van der Waals surface area contributed by atoms with Crippen molar-refractivity contribution in [3.05, 3.63) is 12.4 Å². The molecule has 0 amide bonds. The number of nitrogens with zero attached hydrogens (tertiary/aromatic N) is 2. The number of nitrogen functional groups attached to an aromatic ring is 1. The third kappa shape index (κ3) is 3.93. The first-order chi connectivity index (χ1) is 6.70. The van der Waals surface area contributed by atoms with Crippen LogP contribution in [0.3, 0.4) is 0 Å². The molecule has 0 radical (unpaired) electrons. The first kappa shape index (κ1) is 11.3. The SMILES string of the molecule is CC(C)NCCSc1nccnc1N. The highest BCUT2D eigenvalue weighted by Crippen LogP contribution is 2.18. The average molecular weight is 212 g/mol. The molecular formula is C9H16N4S. The molecule has 0 saturated carbocycles. The molecule has 1 aromatic rings. The molecule has 0 spiro atoms. The van der Waals surface area contributed by atoms with E-state index in [1.54, 1.807) is 24.2 Å². The predicted octanol–water partition coefficient (Wildman–Crippen LogP) is 1.15. The molecule has 0 aliphatic rings. The normalized spacial score (nSPS) is 10.8. The molecule has 5 heteroatoms. The summed E-state index contributed by atoms with van der Waals surface area (Å²) in [4.78, 5) is 8.11. The Morgan fingerprint density at radius 1 is 1.43 bits per heavy atom. The van der Waals surface area contributed by atoms with E-state index in [1.807, 2.05) is 0 Å². The number of rotatable bonds is 5. The lowest BCUT2D eigenvalue weighted by Gasteiger charge is -2.07. The van der Waals surface area contributed by atoms with Crippen LogP contribution in [0, 0.1) is 0 Å². The maximum absolute atomic E-state index is 5.65. The van der Waals surface area contributed by atoms with Crippen LogP contribution in [0.15, 0.2) is 17.4 Å². The second-order valence-electron chi connectivity index (χ2n) is 3.20. The van der Waals surface area contributed by atoms with Crippen molar-refractivity contribution in [1.82, 2.24) is 15.3 Å². The summed E-state index contributed by atoms with van der Waals surface area (Å²) in [6.07, 6.45) is 3.26. The molecule has 14 heavy (non-hydrogen) atoms. The van der Waals surface area contributed by atoms with Crippen LogP contribution in [-0.2, 0) is 0 Å². The highest BCUT2D eigenvalue weighted by molar-refractivity contribution is 7.99. The van der Waals surface area contributed by atoms with E-state index in [2.05, 4.69) is 29.1 Å². The summed E-state index contributed by atoms with van der Waals surface area (Å²) in [7, 11) is 0. The van der Waals surface area contributed by atoms with Crippen LogP contribution in [0.4, 0.5) is 5.82 Å². The van der Waals surface area contributed by atoms with Crippen molar-refractivity contribution in [3.63, 3.8) is 0 Å². The maximum Gasteiger partial charge on any atom is 0.156 e. The van der Waals surface area contributed by atoms with Gasteiger partial charge in [0.2, 0.25) is 0 Å².